The quantitative estimate of drug-likeness (QED) is 0.607. The Balaban J connectivity index is 1.59. The van der Waals surface area contributed by atoms with E-state index >= 15 is 0 Å². The largest absolute Gasteiger partial charge is 0.496 e. The van der Waals surface area contributed by atoms with Crippen LogP contribution in [0, 0.1) is 5.92 Å². The molecule has 3 N–H and O–H groups in total. The number of nitrogens with zero attached hydrogens (tertiary/aromatic N) is 2. The Labute approximate surface area is 173 Å². The molecule has 0 aliphatic carbocycles. The van der Waals surface area contributed by atoms with E-state index in [1.807, 2.05) is 42.5 Å². The van der Waals surface area contributed by atoms with E-state index in [4.69, 9.17) is 4.74 Å². The van der Waals surface area contributed by atoms with Crippen molar-refractivity contribution in [3.63, 3.8) is 0 Å². The van der Waals surface area contributed by atoms with Gasteiger partial charge in [0, 0.05) is 22.3 Å². The molecule has 1 aliphatic heterocycles. The summed E-state index contributed by atoms with van der Waals surface area (Å²) in [5.74, 6) is -0.196. The van der Waals surface area contributed by atoms with Gasteiger partial charge < -0.3 is 15.4 Å². The minimum absolute atomic E-state index is 0.256. The van der Waals surface area contributed by atoms with Crippen LogP contribution in [-0.2, 0) is 4.79 Å². The first-order valence-electron chi connectivity index (χ1n) is 9.46. The summed E-state index contributed by atoms with van der Waals surface area (Å²) < 4.78 is 5.36. The highest BCUT2D eigenvalue weighted by molar-refractivity contribution is 6.13. The standard InChI is InChI=1S/C22H21N5O3/c1-13-20(21(28)25-16-8-10-17-15(11-16)12-23-27-17)18(26-22(29)24-13)9-7-14-5-3-4-6-19(14)30-2/h3-12,18,20H,1-2H3,(H,23,27)(H,25,28)(H,26,29). The minimum Gasteiger partial charge on any atom is -0.496 e. The van der Waals surface area contributed by atoms with Crippen LogP contribution in [0.25, 0.3) is 17.0 Å². The number of carbonyl (C=O) groups excluding carboxylic acids is 2. The number of aliphatic imine (C=N–C) groups is 1. The second-order valence-electron chi connectivity index (χ2n) is 6.97. The molecular weight excluding hydrogens is 382 g/mol. The number of hydrogen-bond acceptors (Lipinski definition) is 4. The summed E-state index contributed by atoms with van der Waals surface area (Å²) >= 11 is 0. The van der Waals surface area contributed by atoms with Crippen molar-refractivity contribution >= 4 is 40.3 Å². The molecule has 30 heavy (non-hydrogen) atoms. The average Bonchev–Trinajstić information content (AvgIpc) is 3.19. The van der Waals surface area contributed by atoms with Crippen LogP contribution in [0.15, 0.2) is 59.7 Å². The van der Waals surface area contributed by atoms with Gasteiger partial charge in [-0.05, 0) is 31.2 Å². The molecule has 0 saturated heterocycles. The molecule has 3 amide bonds. The number of aromatic amines is 1. The molecule has 4 rings (SSSR count). The van der Waals surface area contributed by atoms with Gasteiger partial charge in [0.2, 0.25) is 5.91 Å². The molecule has 0 saturated carbocycles. The number of ether oxygens (including phenoxy) is 1. The summed E-state index contributed by atoms with van der Waals surface area (Å²) in [5.41, 5.74) is 2.83. The number of fused-ring (bicyclic) bond motifs is 1. The van der Waals surface area contributed by atoms with Gasteiger partial charge in [-0.3, -0.25) is 9.89 Å². The lowest BCUT2D eigenvalue weighted by Crippen LogP contribution is -2.50. The maximum atomic E-state index is 13.1. The third-order valence-corrected chi connectivity index (χ3v) is 4.99. The number of rotatable bonds is 5. The molecule has 1 aliphatic rings. The molecule has 2 aromatic carbocycles. The SMILES string of the molecule is COc1ccccc1C=CC1NC(=O)N=C(C)C1C(=O)Nc1ccc2[nH]ncc2c1. The van der Waals surface area contributed by atoms with Crippen LogP contribution < -0.4 is 15.4 Å². The second kappa shape index (κ2) is 8.20. The highest BCUT2D eigenvalue weighted by Gasteiger charge is 2.34. The first-order valence-corrected chi connectivity index (χ1v) is 9.46. The summed E-state index contributed by atoms with van der Waals surface area (Å²) in [4.78, 5) is 29.0. The molecule has 8 nitrogen and oxygen atoms in total. The van der Waals surface area contributed by atoms with E-state index in [1.54, 1.807) is 32.4 Å². The fraction of sp³-hybridized carbons (Fsp3) is 0.182. The number of anilines is 1. The zero-order chi connectivity index (χ0) is 21.1. The number of benzene rings is 2. The lowest BCUT2D eigenvalue weighted by molar-refractivity contribution is -0.118. The lowest BCUT2D eigenvalue weighted by atomic mass is 9.91. The van der Waals surface area contributed by atoms with Crippen LogP contribution in [0.3, 0.4) is 0 Å². The van der Waals surface area contributed by atoms with Gasteiger partial charge >= 0.3 is 6.03 Å². The molecule has 0 spiro atoms. The number of para-hydroxylation sites is 1. The topological polar surface area (TPSA) is 108 Å². The Hall–Kier alpha value is -3.94. The molecule has 3 aromatic rings. The third-order valence-electron chi connectivity index (χ3n) is 4.99. The number of nitrogens with one attached hydrogen (secondary N) is 3. The molecule has 2 heterocycles. The van der Waals surface area contributed by atoms with Gasteiger partial charge in [0.05, 0.1) is 24.9 Å². The van der Waals surface area contributed by atoms with Gasteiger partial charge in [0.25, 0.3) is 0 Å². The smallest absolute Gasteiger partial charge is 0.341 e. The van der Waals surface area contributed by atoms with E-state index in [0.717, 1.165) is 16.5 Å². The van der Waals surface area contributed by atoms with E-state index in [0.29, 0.717) is 17.1 Å². The van der Waals surface area contributed by atoms with Crippen molar-refractivity contribution in [2.45, 2.75) is 13.0 Å². The Morgan fingerprint density at radius 1 is 1.23 bits per heavy atom. The van der Waals surface area contributed by atoms with Crippen LogP contribution in [0.5, 0.6) is 5.75 Å². The Morgan fingerprint density at radius 2 is 2.07 bits per heavy atom. The average molecular weight is 403 g/mol. The summed E-state index contributed by atoms with van der Waals surface area (Å²) in [5, 5.41) is 13.4. The Morgan fingerprint density at radius 3 is 2.90 bits per heavy atom. The summed E-state index contributed by atoms with van der Waals surface area (Å²) in [6.45, 7) is 1.69. The zero-order valence-corrected chi connectivity index (χ0v) is 16.5. The van der Waals surface area contributed by atoms with Crippen LogP contribution in [0.4, 0.5) is 10.5 Å². The summed E-state index contributed by atoms with van der Waals surface area (Å²) in [6.07, 6.45) is 5.31. The first kappa shape index (κ1) is 19.4. The molecule has 0 fully saturated rings. The van der Waals surface area contributed by atoms with Crippen molar-refractivity contribution in [2.24, 2.45) is 10.9 Å². The monoisotopic (exact) mass is 403 g/mol. The molecule has 8 heteroatoms. The second-order valence-corrected chi connectivity index (χ2v) is 6.97. The van der Waals surface area contributed by atoms with Crippen molar-refractivity contribution < 1.29 is 14.3 Å². The fourth-order valence-electron chi connectivity index (χ4n) is 3.51. The van der Waals surface area contributed by atoms with Gasteiger partial charge in [0.15, 0.2) is 0 Å². The highest BCUT2D eigenvalue weighted by Crippen LogP contribution is 2.23. The van der Waals surface area contributed by atoms with Gasteiger partial charge in [-0.15, -0.1) is 0 Å². The van der Waals surface area contributed by atoms with Crippen molar-refractivity contribution in [1.29, 1.82) is 0 Å². The number of aromatic nitrogens is 2. The Kier molecular flexibility index (Phi) is 5.30. The minimum atomic E-state index is -0.645. The van der Waals surface area contributed by atoms with Crippen molar-refractivity contribution in [1.82, 2.24) is 15.5 Å². The predicted molar refractivity (Wildman–Crippen MR) is 116 cm³/mol. The molecule has 2 unspecified atom stereocenters. The highest BCUT2D eigenvalue weighted by atomic mass is 16.5. The van der Waals surface area contributed by atoms with E-state index in [1.165, 1.54) is 0 Å². The molecule has 2 atom stereocenters. The molecular formula is C22H21N5O3. The van der Waals surface area contributed by atoms with Gasteiger partial charge in [-0.1, -0.05) is 30.4 Å². The van der Waals surface area contributed by atoms with Crippen LogP contribution >= 0.6 is 0 Å². The lowest BCUT2D eigenvalue weighted by Gasteiger charge is -2.28. The van der Waals surface area contributed by atoms with E-state index < -0.39 is 18.0 Å². The van der Waals surface area contributed by atoms with Crippen LogP contribution in [-0.4, -0.2) is 41.0 Å². The molecule has 0 radical (unpaired) electrons. The number of amides is 3. The predicted octanol–water partition coefficient (Wildman–Crippen LogP) is 3.39. The first-order chi connectivity index (χ1) is 14.5. The third kappa shape index (κ3) is 3.93. The maximum absolute atomic E-state index is 13.1. The van der Waals surface area contributed by atoms with Crippen LogP contribution in [0.1, 0.15) is 12.5 Å². The van der Waals surface area contributed by atoms with E-state index in [2.05, 4.69) is 25.8 Å². The summed E-state index contributed by atoms with van der Waals surface area (Å²) in [6, 6.07) is 12.0. The van der Waals surface area contributed by atoms with Crippen LogP contribution in [0.2, 0.25) is 0 Å². The van der Waals surface area contributed by atoms with E-state index in [9.17, 15) is 9.59 Å². The number of carbonyl (C=O) groups is 2. The number of H-pyrrole nitrogens is 1. The molecule has 0 bridgehead atoms. The Bertz CT molecular complexity index is 1160. The number of hydrogen-bond donors (Lipinski definition) is 3. The van der Waals surface area contributed by atoms with Gasteiger partial charge in [-0.2, -0.15) is 5.10 Å². The van der Waals surface area contributed by atoms with Crippen molar-refractivity contribution in [3.05, 3.63) is 60.3 Å². The summed E-state index contributed by atoms with van der Waals surface area (Å²) in [7, 11) is 1.60. The number of methoxy groups -OCH3 is 1. The zero-order valence-electron chi connectivity index (χ0n) is 16.5. The van der Waals surface area contributed by atoms with Crippen molar-refractivity contribution in [3.8, 4) is 5.75 Å². The van der Waals surface area contributed by atoms with E-state index in [-0.39, 0.29) is 5.91 Å². The maximum Gasteiger partial charge on any atom is 0.341 e. The number of urea groups is 1. The molecule has 1 aromatic heterocycles. The molecule has 152 valence electrons. The van der Waals surface area contributed by atoms with Gasteiger partial charge in [0.1, 0.15) is 11.7 Å². The fourth-order valence-corrected chi connectivity index (χ4v) is 3.51. The normalized spacial score (nSPS) is 18.9. The van der Waals surface area contributed by atoms with Crippen molar-refractivity contribution in [2.75, 3.05) is 12.4 Å². The van der Waals surface area contributed by atoms with Gasteiger partial charge in [-0.25, -0.2) is 9.79 Å².